The van der Waals surface area contributed by atoms with E-state index < -0.39 is 6.09 Å². The zero-order valence-corrected chi connectivity index (χ0v) is 9.56. The van der Waals surface area contributed by atoms with Gasteiger partial charge in [-0.25, -0.2) is 4.79 Å². The molecule has 1 aromatic rings. The summed E-state index contributed by atoms with van der Waals surface area (Å²) >= 11 is 0. The summed E-state index contributed by atoms with van der Waals surface area (Å²) in [5.41, 5.74) is 2.18. The van der Waals surface area contributed by atoms with E-state index in [0.717, 1.165) is 11.1 Å². The molecule has 16 heavy (non-hydrogen) atoms. The van der Waals surface area contributed by atoms with E-state index in [0.29, 0.717) is 0 Å². The molecular formula is C12H17NO3. The Labute approximate surface area is 95.2 Å². The second-order valence-electron chi connectivity index (χ2n) is 3.58. The molecular weight excluding hydrogens is 206 g/mol. The standard InChI is InChI=1S/C12H17NO3/c1-9-5-3-4-6-11(9)10(2)13-12(15)16-8-7-14/h3-6,10,14H,7-8H2,1-2H3,(H,13,15). The van der Waals surface area contributed by atoms with Gasteiger partial charge in [0.15, 0.2) is 0 Å². The molecule has 0 bridgehead atoms. The largest absolute Gasteiger partial charge is 0.447 e. The second kappa shape index (κ2) is 6.12. The highest BCUT2D eigenvalue weighted by molar-refractivity contribution is 5.67. The van der Waals surface area contributed by atoms with E-state index in [4.69, 9.17) is 9.84 Å². The van der Waals surface area contributed by atoms with Crippen molar-refractivity contribution in [2.75, 3.05) is 13.2 Å². The average Bonchev–Trinajstić information content (AvgIpc) is 2.26. The van der Waals surface area contributed by atoms with Gasteiger partial charge in [0.2, 0.25) is 0 Å². The van der Waals surface area contributed by atoms with Gasteiger partial charge in [0.05, 0.1) is 12.6 Å². The topological polar surface area (TPSA) is 58.6 Å². The first-order valence-corrected chi connectivity index (χ1v) is 5.25. The Hall–Kier alpha value is -1.55. The number of aliphatic hydroxyl groups is 1. The summed E-state index contributed by atoms with van der Waals surface area (Å²) in [4.78, 5) is 11.3. The zero-order valence-electron chi connectivity index (χ0n) is 9.56. The molecule has 1 aromatic carbocycles. The van der Waals surface area contributed by atoms with Crippen LogP contribution in [0.5, 0.6) is 0 Å². The molecule has 0 radical (unpaired) electrons. The molecule has 1 amide bonds. The summed E-state index contributed by atoms with van der Waals surface area (Å²) in [6.45, 7) is 3.74. The minimum absolute atomic E-state index is 0.0202. The fourth-order valence-corrected chi connectivity index (χ4v) is 1.51. The first-order chi connectivity index (χ1) is 7.65. The summed E-state index contributed by atoms with van der Waals surface area (Å²) in [6.07, 6.45) is -0.509. The number of carbonyl (C=O) groups excluding carboxylic acids is 1. The number of hydrogen-bond acceptors (Lipinski definition) is 3. The molecule has 88 valence electrons. The van der Waals surface area contributed by atoms with Crippen molar-refractivity contribution in [3.63, 3.8) is 0 Å². The van der Waals surface area contributed by atoms with E-state index in [1.807, 2.05) is 38.1 Å². The maximum atomic E-state index is 11.3. The van der Waals surface area contributed by atoms with Gasteiger partial charge in [-0.15, -0.1) is 0 Å². The lowest BCUT2D eigenvalue weighted by atomic mass is 10.0. The molecule has 1 rings (SSSR count). The molecule has 4 nitrogen and oxygen atoms in total. The number of amides is 1. The third-order valence-electron chi connectivity index (χ3n) is 2.31. The van der Waals surface area contributed by atoms with E-state index in [1.165, 1.54) is 0 Å². The van der Waals surface area contributed by atoms with Crippen LogP contribution in [0.3, 0.4) is 0 Å². The van der Waals surface area contributed by atoms with E-state index in [-0.39, 0.29) is 19.3 Å². The van der Waals surface area contributed by atoms with Gasteiger partial charge in [-0.05, 0) is 25.0 Å². The summed E-state index contributed by atoms with van der Waals surface area (Å²) in [5.74, 6) is 0. The summed E-state index contributed by atoms with van der Waals surface area (Å²) in [6, 6.07) is 7.74. The van der Waals surface area contributed by atoms with Gasteiger partial charge in [0.1, 0.15) is 6.61 Å². The third kappa shape index (κ3) is 3.55. The maximum Gasteiger partial charge on any atom is 0.407 e. The number of hydrogen-bond donors (Lipinski definition) is 2. The Kier molecular flexibility index (Phi) is 4.79. The zero-order chi connectivity index (χ0) is 12.0. The van der Waals surface area contributed by atoms with Gasteiger partial charge >= 0.3 is 6.09 Å². The summed E-state index contributed by atoms with van der Waals surface area (Å²) < 4.78 is 4.72. The Morgan fingerprint density at radius 3 is 2.81 bits per heavy atom. The van der Waals surface area contributed by atoms with Crippen LogP contribution in [-0.4, -0.2) is 24.4 Å². The van der Waals surface area contributed by atoms with Gasteiger partial charge in [-0.3, -0.25) is 0 Å². The van der Waals surface area contributed by atoms with Crippen molar-refractivity contribution in [3.8, 4) is 0 Å². The molecule has 2 N–H and O–H groups in total. The number of rotatable bonds is 4. The monoisotopic (exact) mass is 223 g/mol. The number of benzene rings is 1. The van der Waals surface area contributed by atoms with Crippen LogP contribution in [0.4, 0.5) is 4.79 Å². The van der Waals surface area contributed by atoms with Crippen molar-refractivity contribution >= 4 is 6.09 Å². The number of alkyl carbamates (subject to hydrolysis) is 1. The van der Waals surface area contributed by atoms with Crippen LogP contribution in [0.2, 0.25) is 0 Å². The number of aliphatic hydroxyl groups excluding tert-OH is 1. The van der Waals surface area contributed by atoms with Gasteiger partial charge in [-0.1, -0.05) is 24.3 Å². The lowest BCUT2D eigenvalue weighted by Crippen LogP contribution is -2.28. The van der Waals surface area contributed by atoms with E-state index in [2.05, 4.69) is 5.32 Å². The molecule has 0 aliphatic carbocycles. The highest BCUT2D eigenvalue weighted by Crippen LogP contribution is 2.16. The fourth-order valence-electron chi connectivity index (χ4n) is 1.51. The average molecular weight is 223 g/mol. The van der Waals surface area contributed by atoms with Crippen molar-refractivity contribution in [2.45, 2.75) is 19.9 Å². The van der Waals surface area contributed by atoms with Crippen LogP contribution in [0.1, 0.15) is 24.1 Å². The summed E-state index contributed by atoms with van der Waals surface area (Å²) in [7, 11) is 0. The third-order valence-corrected chi connectivity index (χ3v) is 2.31. The Balaban J connectivity index is 2.55. The molecule has 1 unspecified atom stereocenters. The molecule has 4 heteroatoms. The Morgan fingerprint density at radius 1 is 1.50 bits per heavy atom. The summed E-state index contributed by atoms with van der Waals surface area (Å²) in [5, 5.41) is 11.2. The molecule has 0 saturated heterocycles. The van der Waals surface area contributed by atoms with Crippen molar-refractivity contribution in [2.24, 2.45) is 0 Å². The smallest absolute Gasteiger partial charge is 0.407 e. The van der Waals surface area contributed by atoms with Gasteiger partial charge in [0.25, 0.3) is 0 Å². The Morgan fingerprint density at radius 2 is 2.19 bits per heavy atom. The molecule has 0 aliphatic heterocycles. The van der Waals surface area contributed by atoms with Crippen molar-refractivity contribution < 1.29 is 14.6 Å². The van der Waals surface area contributed by atoms with Crippen LogP contribution < -0.4 is 5.32 Å². The van der Waals surface area contributed by atoms with Crippen molar-refractivity contribution in [1.82, 2.24) is 5.32 Å². The van der Waals surface area contributed by atoms with Crippen LogP contribution in [0, 0.1) is 6.92 Å². The highest BCUT2D eigenvalue weighted by atomic mass is 16.6. The van der Waals surface area contributed by atoms with Crippen LogP contribution in [0.15, 0.2) is 24.3 Å². The fraction of sp³-hybridized carbons (Fsp3) is 0.417. The quantitative estimate of drug-likeness (QED) is 0.818. The van der Waals surface area contributed by atoms with Gasteiger partial charge in [-0.2, -0.15) is 0 Å². The molecule has 1 atom stereocenters. The normalized spacial score (nSPS) is 11.9. The Bertz CT molecular complexity index is 352. The lowest BCUT2D eigenvalue weighted by molar-refractivity contribution is 0.116. The van der Waals surface area contributed by atoms with Crippen LogP contribution in [-0.2, 0) is 4.74 Å². The van der Waals surface area contributed by atoms with Crippen LogP contribution in [0.25, 0.3) is 0 Å². The molecule has 0 aromatic heterocycles. The second-order valence-corrected chi connectivity index (χ2v) is 3.58. The lowest BCUT2D eigenvalue weighted by Gasteiger charge is -2.16. The minimum Gasteiger partial charge on any atom is -0.447 e. The molecule has 0 aliphatic rings. The first-order valence-electron chi connectivity index (χ1n) is 5.25. The SMILES string of the molecule is Cc1ccccc1C(C)NC(=O)OCCO. The predicted octanol–water partition coefficient (Wildman–Crippen LogP) is 1.77. The van der Waals surface area contributed by atoms with E-state index >= 15 is 0 Å². The van der Waals surface area contributed by atoms with Gasteiger partial charge < -0.3 is 15.2 Å². The van der Waals surface area contributed by atoms with E-state index in [1.54, 1.807) is 0 Å². The van der Waals surface area contributed by atoms with Crippen LogP contribution >= 0.6 is 0 Å². The number of ether oxygens (including phenoxy) is 1. The maximum absolute atomic E-state index is 11.3. The van der Waals surface area contributed by atoms with Crippen molar-refractivity contribution in [3.05, 3.63) is 35.4 Å². The minimum atomic E-state index is -0.509. The predicted molar refractivity (Wildman–Crippen MR) is 61.2 cm³/mol. The van der Waals surface area contributed by atoms with E-state index in [9.17, 15) is 4.79 Å². The number of nitrogens with one attached hydrogen (secondary N) is 1. The van der Waals surface area contributed by atoms with Crippen molar-refractivity contribution in [1.29, 1.82) is 0 Å². The molecule has 0 saturated carbocycles. The van der Waals surface area contributed by atoms with Gasteiger partial charge in [0, 0.05) is 0 Å². The molecule has 0 spiro atoms. The molecule has 0 heterocycles. The number of carbonyl (C=O) groups is 1. The number of aryl methyl sites for hydroxylation is 1. The first kappa shape index (κ1) is 12.5. The molecule has 0 fully saturated rings. The highest BCUT2D eigenvalue weighted by Gasteiger charge is 2.11.